The summed E-state index contributed by atoms with van der Waals surface area (Å²) < 4.78 is 15.8. The maximum atomic E-state index is 11.6. The van der Waals surface area contributed by atoms with Gasteiger partial charge in [0.1, 0.15) is 0 Å². The molecule has 0 saturated carbocycles. The van der Waals surface area contributed by atoms with E-state index in [2.05, 4.69) is 25.3 Å². The van der Waals surface area contributed by atoms with Crippen LogP contribution in [-0.4, -0.2) is 15.4 Å². The van der Waals surface area contributed by atoms with E-state index < -0.39 is 9.73 Å². The summed E-state index contributed by atoms with van der Waals surface area (Å²) in [5.41, 5.74) is 0.666. The minimum Gasteiger partial charge on any atom is -0.259 e. The number of nitriles is 1. The average Bonchev–Trinajstić information content (AvgIpc) is 2.08. The zero-order valence-corrected chi connectivity index (χ0v) is 9.88. The van der Waals surface area contributed by atoms with E-state index in [1.807, 2.05) is 6.07 Å². The highest BCUT2D eigenvalue weighted by Crippen LogP contribution is 2.09. The Morgan fingerprint density at radius 2 is 2.43 bits per heavy atom. The fourth-order valence-electron chi connectivity index (χ4n) is 0.885. The average molecular weight is 274 g/mol. The lowest BCUT2D eigenvalue weighted by molar-refractivity contribution is 0.679. The predicted molar refractivity (Wildman–Crippen MR) is 57.7 cm³/mol. The van der Waals surface area contributed by atoms with Crippen molar-refractivity contribution in [2.45, 2.75) is 5.75 Å². The van der Waals surface area contributed by atoms with Gasteiger partial charge in [-0.25, -0.2) is 4.21 Å². The second kappa shape index (κ2) is 4.53. The van der Waals surface area contributed by atoms with Crippen LogP contribution in [0, 0.1) is 11.5 Å². The lowest BCUT2D eigenvalue weighted by Crippen LogP contribution is -2.02. The molecule has 0 fully saturated rings. The van der Waals surface area contributed by atoms with Gasteiger partial charge in [0.15, 0.2) is 0 Å². The number of aromatic nitrogens is 1. The molecule has 1 aromatic heterocycles. The van der Waals surface area contributed by atoms with Crippen molar-refractivity contribution in [1.29, 1.82) is 5.26 Å². The number of nitrogens with zero attached hydrogens (tertiary/aromatic N) is 3. The predicted octanol–water partition coefficient (Wildman–Crippen LogP) is 1.92. The maximum Gasteiger partial charge on any atom is 0.214 e. The zero-order valence-electron chi connectivity index (χ0n) is 7.48. The highest BCUT2D eigenvalue weighted by molar-refractivity contribution is 9.10. The van der Waals surface area contributed by atoms with Crippen molar-refractivity contribution in [2.24, 2.45) is 4.36 Å². The molecule has 6 heteroatoms. The van der Waals surface area contributed by atoms with Gasteiger partial charge in [-0.2, -0.15) is 5.26 Å². The Morgan fingerprint density at radius 1 is 1.71 bits per heavy atom. The normalized spacial score (nSPS) is 14.1. The van der Waals surface area contributed by atoms with Gasteiger partial charge >= 0.3 is 0 Å². The van der Waals surface area contributed by atoms with Crippen LogP contribution in [0.15, 0.2) is 27.2 Å². The number of rotatable bonds is 2. The monoisotopic (exact) mass is 273 g/mol. The van der Waals surface area contributed by atoms with Gasteiger partial charge in [0, 0.05) is 16.9 Å². The van der Waals surface area contributed by atoms with Crippen molar-refractivity contribution in [3.8, 4) is 6.19 Å². The van der Waals surface area contributed by atoms with Crippen LogP contribution in [0.2, 0.25) is 0 Å². The topological polar surface area (TPSA) is 66.1 Å². The van der Waals surface area contributed by atoms with E-state index >= 15 is 0 Å². The van der Waals surface area contributed by atoms with Crippen LogP contribution in [0.4, 0.5) is 0 Å². The van der Waals surface area contributed by atoms with Crippen LogP contribution in [-0.2, 0) is 15.5 Å². The van der Waals surface area contributed by atoms with Crippen molar-refractivity contribution in [1.82, 2.24) is 4.98 Å². The molecule has 0 aliphatic carbocycles. The molecule has 74 valence electrons. The highest BCUT2D eigenvalue weighted by atomic mass is 79.9. The second-order valence-corrected chi connectivity index (χ2v) is 6.07. The highest BCUT2D eigenvalue weighted by Gasteiger charge is 2.04. The van der Waals surface area contributed by atoms with E-state index in [1.54, 1.807) is 18.5 Å². The minimum absolute atomic E-state index is 0.202. The van der Waals surface area contributed by atoms with Crippen LogP contribution < -0.4 is 0 Å². The van der Waals surface area contributed by atoms with E-state index in [9.17, 15) is 4.21 Å². The van der Waals surface area contributed by atoms with E-state index in [4.69, 9.17) is 5.26 Å². The van der Waals surface area contributed by atoms with Gasteiger partial charge in [-0.3, -0.25) is 4.98 Å². The Bertz CT molecular complexity index is 468. The summed E-state index contributed by atoms with van der Waals surface area (Å²) in [6.07, 6.45) is 4.62. The Hall–Kier alpha value is -0.930. The van der Waals surface area contributed by atoms with Crippen molar-refractivity contribution in [3.63, 3.8) is 0 Å². The molecular formula is C8H8BrN3OS. The van der Waals surface area contributed by atoms with Crippen molar-refractivity contribution >= 4 is 25.7 Å². The lowest BCUT2D eigenvalue weighted by Gasteiger charge is -2.00. The number of halogens is 1. The molecule has 0 saturated heterocycles. The fraction of sp³-hybridized carbons (Fsp3) is 0.250. The van der Waals surface area contributed by atoms with Crippen LogP contribution >= 0.6 is 15.9 Å². The molecule has 1 atom stereocenters. The molecule has 1 rings (SSSR count). The molecule has 0 spiro atoms. The molecule has 0 N–H and O–H groups in total. The van der Waals surface area contributed by atoms with Crippen LogP contribution in [0.5, 0.6) is 0 Å². The van der Waals surface area contributed by atoms with Gasteiger partial charge in [0.05, 0.1) is 21.2 Å². The Labute approximate surface area is 91.3 Å². The summed E-state index contributed by atoms with van der Waals surface area (Å²) in [5, 5.41) is 8.30. The smallest absolute Gasteiger partial charge is 0.214 e. The first-order valence-corrected chi connectivity index (χ1v) is 6.60. The van der Waals surface area contributed by atoms with E-state index in [-0.39, 0.29) is 5.75 Å². The SMILES string of the molecule is CS(=O)(Cc1ccc(Br)cn1)=NC#N. The molecule has 1 aromatic rings. The number of hydrogen-bond acceptors (Lipinski definition) is 4. The summed E-state index contributed by atoms with van der Waals surface area (Å²) in [5.74, 6) is 0.202. The second-order valence-electron chi connectivity index (χ2n) is 2.76. The van der Waals surface area contributed by atoms with Crippen LogP contribution in [0.25, 0.3) is 0 Å². The van der Waals surface area contributed by atoms with Gasteiger partial charge in [0.25, 0.3) is 0 Å². The molecule has 4 nitrogen and oxygen atoms in total. The lowest BCUT2D eigenvalue weighted by atomic mass is 10.4. The molecule has 0 bridgehead atoms. The van der Waals surface area contributed by atoms with E-state index in [0.717, 1.165) is 4.47 Å². The van der Waals surface area contributed by atoms with E-state index in [0.29, 0.717) is 5.69 Å². The van der Waals surface area contributed by atoms with Crippen LogP contribution in [0.3, 0.4) is 0 Å². The third-order valence-electron chi connectivity index (χ3n) is 1.44. The standard InChI is InChI=1S/C8H8BrN3OS/c1-14(13,12-6-10)5-8-3-2-7(9)4-11-8/h2-4H,5H2,1H3. The molecule has 14 heavy (non-hydrogen) atoms. The number of hydrogen-bond donors (Lipinski definition) is 0. The molecule has 1 heterocycles. The zero-order chi connectivity index (χ0) is 10.6. The first-order valence-electron chi connectivity index (χ1n) is 3.72. The minimum atomic E-state index is -2.46. The van der Waals surface area contributed by atoms with Gasteiger partial charge < -0.3 is 0 Å². The summed E-state index contributed by atoms with van der Waals surface area (Å²) in [6, 6.07) is 3.56. The fourth-order valence-corrected chi connectivity index (χ4v) is 2.08. The third kappa shape index (κ3) is 3.44. The molecule has 0 aliphatic heterocycles. The molecule has 0 aromatic carbocycles. The summed E-state index contributed by atoms with van der Waals surface area (Å²) in [4.78, 5) is 4.05. The molecule has 1 unspecified atom stereocenters. The van der Waals surface area contributed by atoms with Crippen molar-refractivity contribution < 1.29 is 4.21 Å². The van der Waals surface area contributed by atoms with Gasteiger partial charge in [-0.15, -0.1) is 4.36 Å². The third-order valence-corrected chi connectivity index (χ3v) is 3.21. The van der Waals surface area contributed by atoms with Gasteiger partial charge in [-0.1, -0.05) is 0 Å². The Kier molecular flexibility index (Phi) is 3.61. The van der Waals surface area contributed by atoms with Crippen molar-refractivity contribution in [2.75, 3.05) is 6.26 Å². The summed E-state index contributed by atoms with van der Waals surface area (Å²) in [7, 11) is -2.46. The van der Waals surface area contributed by atoms with Gasteiger partial charge in [0.2, 0.25) is 6.19 Å². The van der Waals surface area contributed by atoms with Crippen LogP contribution in [0.1, 0.15) is 5.69 Å². The molecule has 0 radical (unpaired) electrons. The van der Waals surface area contributed by atoms with E-state index in [1.165, 1.54) is 6.26 Å². The summed E-state index contributed by atoms with van der Waals surface area (Å²) in [6.45, 7) is 0. The Balaban J connectivity index is 2.91. The maximum absolute atomic E-state index is 11.6. The largest absolute Gasteiger partial charge is 0.259 e. The summed E-state index contributed by atoms with van der Waals surface area (Å²) >= 11 is 3.25. The molecule has 0 aliphatic rings. The Morgan fingerprint density at radius 3 is 2.93 bits per heavy atom. The quantitative estimate of drug-likeness (QED) is 0.774. The first kappa shape index (κ1) is 11.1. The molecular weight excluding hydrogens is 266 g/mol. The molecule has 0 amide bonds. The van der Waals surface area contributed by atoms with Gasteiger partial charge in [-0.05, 0) is 28.1 Å². The van der Waals surface area contributed by atoms with Crippen molar-refractivity contribution in [3.05, 3.63) is 28.5 Å². The number of pyridine rings is 1. The first-order chi connectivity index (χ1) is 6.53.